The van der Waals surface area contributed by atoms with E-state index in [0.717, 1.165) is 28.6 Å². The van der Waals surface area contributed by atoms with Crippen molar-refractivity contribution in [1.82, 2.24) is 4.98 Å². The fourth-order valence-electron chi connectivity index (χ4n) is 2.52. The Bertz CT molecular complexity index is 765. The SMILES string of the molecule is CCC(C)(C)C(=O)OCCCC(=O)Cc1cccc2ccc(C)nc12. The lowest BCUT2D eigenvalue weighted by Crippen LogP contribution is -2.26. The number of pyridine rings is 1. The first kappa shape index (κ1) is 19.1. The van der Waals surface area contributed by atoms with Gasteiger partial charge in [-0.25, -0.2) is 0 Å². The predicted octanol–water partition coefficient (Wildman–Crippen LogP) is 4.41. The number of aryl methyl sites for hydroxylation is 1. The van der Waals surface area contributed by atoms with Gasteiger partial charge in [-0.1, -0.05) is 31.2 Å². The molecule has 1 aromatic heterocycles. The highest BCUT2D eigenvalue weighted by atomic mass is 16.5. The summed E-state index contributed by atoms with van der Waals surface area (Å²) in [6.45, 7) is 7.95. The molecule has 134 valence electrons. The van der Waals surface area contributed by atoms with Crippen molar-refractivity contribution >= 4 is 22.7 Å². The number of fused-ring (bicyclic) bond motifs is 1. The van der Waals surface area contributed by atoms with Crippen LogP contribution in [-0.2, 0) is 20.7 Å². The number of hydrogen-bond donors (Lipinski definition) is 0. The lowest BCUT2D eigenvalue weighted by molar-refractivity contribution is -0.154. The number of esters is 1. The van der Waals surface area contributed by atoms with Crippen molar-refractivity contribution in [1.29, 1.82) is 0 Å². The van der Waals surface area contributed by atoms with E-state index < -0.39 is 5.41 Å². The number of benzene rings is 1. The van der Waals surface area contributed by atoms with Crippen LogP contribution in [0.1, 0.15) is 51.3 Å². The second-order valence-corrected chi connectivity index (χ2v) is 7.13. The van der Waals surface area contributed by atoms with Crippen LogP contribution in [0, 0.1) is 12.3 Å². The highest BCUT2D eigenvalue weighted by Crippen LogP contribution is 2.22. The Morgan fingerprint density at radius 2 is 1.92 bits per heavy atom. The van der Waals surface area contributed by atoms with E-state index in [0.29, 0.717) is 25.9 Å². The zero-order valence-corrected chi connectivity index (χ0v) is 15.6. The Labute approximate surface area is 149 Å². The number of ketones is 1. The molecule has 4 heteroatoms. The van der Waals surface area contributed by atoms with E-state index in [1.165, 1.54) is 0 Å². The first-order valence-electron chi connectivity index (χ1n) is 8.87. The smallest absolute Gasteiger partial charge is 0.311 e. The molecular weight excluding hydrogens is 314 g/mol. The molecule has 0 aliphatic carbocycles. The van der Waals surface area contributed by atoms with E-state index >= 15 is 0 Å². The molecule has 2 aromatic rings. The minimum absolute atomic E-state index is 0.140. The molecule has 0 spiro atoms. The quantitative estimate of drug-likeness (QED) is 0.527. The molecule has 4 nitrogen and oxygen atoms in total. The van der Waals surface area contributed by atoms with Crippen LogP contribution in [-0.4, -0.2) is 23.3 Å². The molecule has 0 aliphatic heterocycles. The lowest BCUT2D eigenvalue weighted by Gasteiger charge is -2.20. The average molecular weight is 341 g/mol. The third kappa shape index (κ3) is 5.12. The fraction of sp³-hybridized carbons (Fsp3) is 0.476. The van der Waals surface area contributed by atoms with E-state index in [1.807, 2.05) is 58.0 Å². The number of rotatable bonds is 8. The van der Waals surface area contributed by atoms with Crippen molar-refractivity contribution in [3.05, 3.63) is 41.6 Å². The summed E-state index contributed by atoms with van der Waals surface area (Å²) in [6, 6.07) is 9.92. The summed E-state index contributed by atoms with van der Waals surface area (Å²) in [5.74, 6) is -0.0576. The molecular formula is C21H27NO3. The van der Waals surface area contributed by atoms with Crippen molar-refractivity contribution in [2.24, 2.45) is 5.41 Å². The third-order valence-corrected chi connectivity index (χ3v) is 4.60. The van der Waals surface area contributed by atoms with Gasteiger partial charge >= 0.3 is 5.97 Å². The number of ether oxygens (including phenoxy) is 1. The summed E-state index contributed by atoms with van der Waals surface area (Å²) in [5.41, 5.74) is 2.33. The molecule has 25 heavy (non-hydrogen) atoms. The molecule has 0 unspecified atom stereocenters. The van der Waals surface area contributed by atoms with Gasteiger partial charge in [0.15, 0.2) is 0 Å². The van der Waals surface area contributed by atoms with Crippen LogP contribution < -0.4 is 0 Å². The van der Waals surface area contributed by atoms with Crippen LogP contribution in [0.5, 0.6) is 0 Å². The maximum atomic E-state index is 12.3. The normalized spacial score (nSPS) is 11.5. The molecule has 0 N–H and O–H groups in total. The molecule has 2 rings (SSSR count). The fourth-order valence-corrected chi connectivity index (χ4v) is 2.52. The number of hydrogen-bond acceptors (Lipinski definition) is 4. The summed E-state index contributed by atoms with van der Waals surface area (Å²) < 4.78 is 5.28. The van der Waals surface area contributed by atoms with E-state index in [2.05, 4.69) is 4.98 Å². The van der Waals surface area contributed by atoms with Crippen molar-refractivity contribution in [2.75, 3.05) is 6.61 Å². The van der Waals surface area contributed by atoms with Gasteiger partial charge in [-0.15, -0.1) is 0 Å². The van der Waals surface area contributed by atoms with Gasteiger partial charge in [-0.3, -0.25) is 14.6 Å². The number of aromatic nitrogens is 1. The van der Waals surface area contributed by atoms with Gasteiger partial charge in [0.2, 0.25) is 0 Å². The van der Waals surface area contributed by atoms with Crippen LogP contribution >= 0.6 is 0 Å². The highest BCUT2D eigenvalue weighted by molar-refractivity contribution is 5.88. The van der Waals surface area contributed by atoms with Crippen molar-refractivity contribution in [3.8, 4) is 0 Å². The molecule has 0 saturated carbocycles. The summed E-state index contributed by atoms with van der Waals surface area (Å²) in [7, 11) is 0. The molecule has 1 heterocycles. The number of para-hydroxylation sites is 1. The van der Waals surface area contributed by atoms with E-state index in [9.17, 15) is 9.59 Å². The second kappa shape index (κ2) is 8.24. The first-order valence-corrected chi connectivity index (χ1v) is 8.87. The van der Waals surface area contributed by atoms with Crippen molar-refractivity contribution < 1.29 is 14.3 Å². The van der Waals surface area contributed by atoms with E-state index in [1.54, 1.807) is 0 Å². The molecule has 0 aliphatic rings. The van der Waals surface area contributed by atoms with Gasteiger partial charge in [0.1, 0.15) is 5.78 Å². The zero-order chi connectivity index (χ0) is 18.4. The average Bonchev–Trinajstić information content (AvgIpc) is 2.59. The highest BCUT2D eigenvalue weighted by Gasteiger charge is 2.26. The lowest BCUT2D eigenvalue weighted by atomic mass is 9.91. The van der Waals surface area contributed by atoms with Gasteiger partial charge in [-0.2, -0.15) is 0 Å². The second-order valence-electron chi connectivity index (χ2n) is 7.13. The largest absolute Gasteiger partial charge is 0.465 e. The number of carbonyl (C=O) groups excluding carboxylic acids is 2. The molecule has 0 fully saturated rings. The van der Waals surface area contributed by atoms with Crippen LogP contribution in [0.3, 0.4) is 0 Å². The Morgan fingerprint density at radius 1 is 1.16 bits per heavy atom. The molecule has 0 saturated heterocycles. The van der Waals surface area contributed by atoms with Gasteiger partial charge < -0.3 is 4.74 Å². The number of nitrogens with zero attached hydrogens (tertiary/aromatic N) is 1. The zero-order valence-electron chi connectivity index (χ0n) is 15.6. The Balaban J connectivity index is 1.87. The summed E-state index contributed by atoms with van der Waals surface area (Å²) in [5, 5.41) is 1.05. The van der Waals surface area contributed by atoms with Gasteiger partial charge in [0.25, 0.3) is 0 Å². The molecule has 0 radical (unpaired) electrons. The van der Waals surface area contributed by atoms with Crippen LogP contribution in [0.25, 0.3) is 10.9 Å². The molecule has 0 amide bonds. The summed E-state index contributed by atoms with van der Waals surface area (Å²) in [6.07, 6.45) is 2.06. The molecule has 0 atom stereocenters. The molecule has 1 aromatic carbocycles. The summed E-state index contributed by atoms with van der Waals surface area (Å²) >= 11 is 0. The minimum atomic E-state index is -0.462. The van der Waals surface area contributed by atoms with Crippen LogP contribution in [0.2, 0.25) is 0 Å². The Morgan fingerprint density at radius 3 is 2.64 bits per heavy atom. The van der Waals surface area contributed by atoms with Crippen LogP contribution in [0.15, 0.2) is 30.3 Å². The minimum Gasteiger partial charge on any atom is -0.465 e. The standard InChI is InChI=1S/C21H27NO3/c1-5-21(3,4)20(24)25-13-7-10-18(23)14-17-9-6-8-16-12-11-15(2)22-19(16)17/h6,8-9,11-12H,5,7,10,13-14H2,1-4H3. The summed E-state index contributed by atoms with van der Waals surface area (Å²) in [4.78, 5) is 28.7. The maximum absolute atomic E-state index is 12.3. The van der Waals surface area contributed by atoms with E-state index in [-0.39, 0.29) is 11.8 Å². The number of carbonyl (C=O) groups is 2. The number of Topliss-reactive ketones (excluding diaryl/α,β-unsaturated/α-hetero) is 1. The topological polar surface area (TPSA) is 56.3 Å². The third-order valence-electron chi connectivity index (χ3n) is 4.60. The van der Waals surface area contributed by atoms with Crippen LogP contribution in [0.4, 0.5) is 0 Å². The Hall–Kier alpha value is -2.23. The van der Waals surface area contributed by atoms with Crippen molar-refractivity contribution in [2.45, 2.75) is 53.4 Å². The Kier molecular flexibility index (Phi) is 6.29. The first-order chi connectivity index (χ1) is 11.8. The maximum Gasteiger partial charge on any atom is 0.311 e. The monoisotopic (exact) mass is 341 g/mol. The van der Waals surface area contributed by atoms with E-state index in [4.69, 9.17) is 4.74 Å². The van der Waals surface area contributed by atoms with Crippen molar-refractivity contribution in [3.63, 3.8) is 0 Å². The molecule has 0 bridgehead atoms. The van der Waals surface area contributed by atoms with Gasteiger partial charge in [-0.05, 0) is 45.2 Å². The predicted molar refractivity (Wildman–Crippen MR) is 99.5 cm³/mol. The van der Waals surface area contributed by atoms with Gasteiger partial charge in [0, 0.05) is 23.9 Å². The van der Waals surface area contributed by atoms with Gasteiger partial charge in [0.05, 0.1) is 17.5 Å².